The highest BCUT2D eigenvalue weighted by Gasteiger charge is 2.13. The molecule has 0 radical (unpaired) electrons. The first-order valence-corrected chi connectivity index (χ1v) is 8.07. The lowest BCUT2D eigenvalue weighted by Gasteiger charge is -2.09. The van der Waals surface area contributed by atoms with Crippen LogP contribution in [-0.4, -0.2) is 15.4 Å². The summed E-state index contributed by atoms with van der Waals surface area (Å²) in [6, 6.07) is 15.9. The van der Waals surface area contributed by atoms with Gasteiger partial charge in [0.05, 0.1) is 22.7 Å². The predicted molar refractivity (Wildman–Crippen MR) is 92.9 cm³/mol. The van der Waals surface area contributed by atoms with Crippen LogP contribution in [0.15, 0.2) is 42.5 Å². The van der Waals surface area contributed by atoms with Crippen molar-refractivity contribution in [3.05, 3.63) is 57.4 Å². The molecule has 0 atom stereocenters. The fraction of sp³-hybridized carbons (Fsp3) is 0.125. The highest BCUT2D eigenvalue weighted by Crippen LogP contribution is 2.24. The van der Waals surface area contributed by atoms with E-state index in [1.165, 1.54) is 0 Å². The molecule has 0 aliphatic rings. The van der Waals surface area contributed by atoms with Crippen molar-refractivity contribution >= 4 is 45.2 Å². The zero-order valence-corrected chi connectivity index (χ0v) is 14.0. The molecule has 3 rings (SSSR count). The summed E-state index contributed by atoms with van der Waals surface area (Å²) in [4.78, 5) is 4.65. The minimum atomic E-state index is 0.512. The first kappa shape index (κ1) is 14.4. The van der Waals surface area contributed by atoms with Crippen LogP contribution < -0.4 is 0 Å². The zero-order valence-electron chi connectivity index (χ0n) is 11.1. The van der Waals surface area contributed by atoms with E-state index in [2.05, 4.69) is 44.3 Å². The third-order valence-corrected chi connectivity index (χ3v) is 4.10. The van der Waals surface area contributed by atoms with E-state index in [9.17, 15) is 0 Å². The molecule has 0 amide bonds. The normalized spacial score (nSPS) is 10.7. The molecule has 0 unspecified atom stereocenters. The third-order valence-electron chi connectivity index (χ3n) is 3.24. The van der Waals surface area contributed by atoms with Crippen LogP contribution in [0.5, 0.6) is 0 Å². The van der Waals surface area contributed by atoms with Gasteiger partial charge in [-0.1, -0.05) is 6.07 Å². The second-order valence-electron chi connectivity index (χ2n) is 4.60. The van der Waals surface area contributed by atoms with Gasteiger partial charge < -0.3 is 0 Å². The van der Waals surface area contributed by atoms with Crippen molar-refractivity contribution in [1.29, 1.82) is 5.26 Å². The molecule has 0 saturated carbocycles. The summed E-state index contributed by atoms with van der Waals surface area (Å²) in [6.45, 7) is 0. The number of fused-ring (bicyclic) bond motifs is 1. The summed E-state index contributed by atoms with van der Waals surface area (Å²) in [5.41, 5.74) is 3.50. The Morgan fingerprint density at radius 3 is 2.81 bits per heavy atom. The number of benzene rings is 2. The summed E-state index contributed by atoms with van der Waals surface area (Å²) in [5, 5.41) is 9.11. The van der Waals surface area contributed by atoms with Gasteiger partial charge >= 0.3 is 0 Å². The number of nitriles is 1. The van der Waals surface area contributed by atoms with E-state index >= 15 is 0 Å². The van der Waals surface area contributed by atoms with E-state index in [0.717, 1.165) is 26.1 Å². The Morgan fingerprint density at radius 1 is 1.24 bits per heavy atom. The summed E-state index contributed by atoms with van der Waals surface area (Å²) in [5.74, 6) is 1.43. The number of nitrogens with zero attached hydrogens (tertiary/aromatic N) is 3. The minimum Gasteiger partial charge on any atom is -0.296 e. The quantitative estimate of drug-likeness (QED) is 0.480. The molecule has 1 aromatic heterocycles. The Hall–Kier alpha value is -1.58. The van der Waals surface area contributed by atoms with Gasteiger partial charge in [0, 0.05) is 21.6 Å². The predicted octanol–water partition coefficient (Wildman–Crippen LogP) is 4.28. The van der Waals surface area contributed by atoms with Gasteiger partial charge in [-0.05, 0) is 59.0 Å². The molecule has 104 valence electrons. The molecule has 0 saturated heterocycles. The number of rotatable bonds is 3. The fourth-order valence-corrected chi connectivity index (χ4v) is 3.05. The van der Waals surface area contributed by atoms with Gasteiger partial charge in [-0.2, -0.15) is 5.26 Å². The molecule has 21 heavy (non-hydrogen) atoms. The summed E-state index contributed by atoms with van der Waals surface area (Å²) >= 11 is 8.19. The number of alkyl halides is 1. The standard InChI is InChI=1S/C16H11ClIN3/c17-7-6-16-20-14-5-4-11(10-19)8-15(14)21(16)13-3-1-2-12(18)9-13/h1-5,8-9H,6-7H2. The molecule has 0 bridgehead atoms. The minimum absolute atomic E-state index is 0.512. The van der Waals surface area contributed by atoms with Gasteiger partial charge in [0.25, 0.3) is 0 Å². The molecule has 0 fully saturated rings. The van der Waals surface area contributed by atoms with Crippen LogP contribution in [0.25, 0.3) is 16.7 Å². The van der Waals surface area contributed by atoms with Gasteiger partial charge in [0.1, 0.15) is 5.82 Å². The first-order chi connectivity index (χ1) is 10.2. The van der Waals surface area contributed by atoms with E-state index < -0.39 is 0 Å². The number of halogens is 2. The Morgan fingerprint density at radius 2 is 2.10 bits per heavy atom. The van der Waals surface area contributed by atoms with Crippen molar-refractivity contribution in [2.24, 2.45) is 0 Å². The molecular formula is C16H11ClIN3. The molecule has 2 aromatic carbocycles. The maximum Gasteiger partial charge on any atom is 0.115 e. The van der Waals surface area contributed by atoms with Crippen molar-refractivity contribution in [3.63, 3.8) is 0 Å². The molecular weight excluding hydrogens is 397 g/mol. The molecule has 0 aliphatic heterocycles. The van der Waals surface area contributed by atoms with E-state index in [0.29, 0.717) is 17.9 Å². The van der Waals surface area contributed by atoms with Crippen LogP contribution in [0.3, 0.4) is 0 Å². The van der Waals surface area contributed by atoms with Crippen molar-refractivity contribution < 1.29 is 0 Å². The van der Waals surface area contributed by atoms with Crippen molar-refractivity contribution in [1.82, 2.24) is 9.55 Å². The monoisotopic (exact) mass is 407 g/mol. The average molecular weight is 408 g/mol. The van der Waals surface area contributed by atoms with Crippen LogP contribution in [0.4, 0.5) is 0 Å². The lowest BCUT2D eigenvalue weighted by Crippen LogP contribution is -2.02. The Labute approximate surface area is 141 Å². The second-order valence-corrected chi connectivity index (χ2v) is 6.22. The van der Waals surface area contributed by atoms with E-state index in [4.69, 9.17) is 16.9 Å². The van der Waals surface area contributed by atoms with Crippen LogP contribution in [0.1, 0.15) is 11.4 Å². The second kappa shape index (κ2) is 6.04. The number of hydrogen-bond acceptors (Lipinski definition) is 2. The third kappa shape index (κ3) is 2.76. The van der Waals surface area contributed by atoms with E-state index in [1.807, 2.05) is 30.3 Å². The fourth-order valence-electron chi connectivity index (χ4n) is 2.35. The topological polar surface area (TPSA) is 41.6 Å². The lowest BCUT2D eigenvalue weighted by molar-refractivity contribution is 0.912. The summed E-state index contributed by atoms with van der Waals surface area (Å²) in [6.07, 6.45) is 0.684. The van der Waals surface area contributed by atoms with Crippen molar-refractivity contribution in [2.75, 3.05) is 5.88 Å². The molecule has 3 nitrogen and oxygen atoms in total. The Kier molecular flexibility index (Phi) is 4.13. The largest absolute Gasteiger partial charge is 0.296 e. The highest BCUT2D eigenvalue weighted by molar-refractivity contribution is 14.1. The van der Waals surface area contributed by atoms with Crippen LogP contribution in [0.2, 0.25) is 0 Å². The van der Waals surface area contributed by atoms with E-state index in [1.54, 1.807) is 6.07 Å². The maximum atomic E-state index is 9.11. The van der Waals surface area contributed by atoms with Crippen LogP contribution in [0, 0.1) is 14.9 Å². The summed E-state index contributed by atoms with van der Waals surface area (Å²) in [7, 11) is 0. The molecule has 5 heteroatoms. The summed E-state index contributed by atoms with van der Waals surface area (Å²) < 4.78 is 3.24. The Bertz CT molecular complexity index is 848. The smallest absolute Gasteiger partial charge is 0.115 e. The van der Waals surface area contributed by atoms with Gasteiger partial charge in [-0.3, -0.25) is 4.57 Å². The maximum absolute atomic E-state index is 9.11. The SMILES string of the molecule is N#Cc1ccc2nc(CCCl)n(-c3cccc(I)c3)c2c1. The van der Waals surface area contributed by atoms with Gasteiger partial charge in [-0.25, -0.2) is 4.98 Å². The zero-order chi connectivity index (χ0) is 14.8. The lowest BCUT2D eigenvalue weighted by atomic mass is 10.2. The molecule has 3 aromatic rings. The van der Waals surface area contributed by atoms with Crippen LogP contribution >= 0.6 is 34.2 Å². The van der Waals surface area contributed by atoms with Gasteiger partial charge in [-0.15, -0.1) is 11.6 Å². The van der Waals surface area contributed by atoms with Crippen molar-refractivity contribution in [3.8, 4) is 11.8 Å². The average Bonchev–Trinajstić information content (AvgIpc) is 2.84. The molecule has 0 spiro atoms. The number of aryl methyl sites for hydroxylation is 1. The Balaban J connectivity index is 2.31. The van der Waals surface area contributed by atoms with Gasteiger partial charge in [0.15, 0.2) is 0 Å². The number of hydrogen-bond donors (Lipinski definition) is 0. The van der Waals surface area contributed by atoms with E-state index in [-0.39, 0.29) is 0 Å². The molecule has 0 aliphatic carbocycles. The number of aromatic nitrogens is 2. The highest BCUT2D eigenvalue weighted by atomic mass is 127. The molecule has 0 N–H and O–H groups in total. The molecule has 1 heterocycles. The number of imidazole rings is 1. The first-order valence-electron chi connectivity index (χ1n) is 6.46. The van der Waals surface area contributed by atoms with Crippen LogP contribution in [-0.2, 0) is 6.42 Å². The van der Waals surface area contributed by atoms with Crippen molar-refractivity contribution in [2.45, 2.75) is 6.42 Å². The van der Waals surface area contributed by atoms with Gasteiger partial charge in [0.2, 0.25) is 0 Å².